The van der Waals surface area contributed by atoms with E-state index in [0.717, 1.165) is 17.3 Å². The number of carbonyl (C=O) groups is 1. The number of likely N-dealkylation sites (N-methyl/N-ethyl adjacent to an activating group) is 1. The molecule has 6 nitrogen and oxygen atoms in total. The average Bonchev–Trinajstić information content (AvgIpc) is 2.98. The molecule has 0 aliphatic heterocycles. The van der Waals surface area contributed by atoms with Crippen molar-refractivity contribution in [1.82, 2.24) is 20.2 Å². The topological polar surface area (TPSA) is 74.2 Å². The summed E-state index contributed by atoms with van der Waals surface area (Å²) in [6.07, 6.45) is 3.37. The number of hydrogen-bond acceptors (Lipinski definition) is 4. The van der Waals surface area contributed by atoms with Gasteiger partial charge in [-0.15, -0.1) is 0 Å². The summed E-state index contributed by atoms with van der Waals surface area (Å²) in [5.41, 5.74) is 1.02. The maximum absolute atomic E-state index is 11.7. The molecule has 2 rings (SSSR count). The van der Waals surface area contributed by atoms with E-state index in [1.165, 1.54) is 0 Å². The number of aromatic nitrogens is 2. The van der Waals surface area contributed by atoms with Crippen LogP contribution in [0.25, 0.3) is 0 Å². The third kappa shape index (κ3) is 4.26. The summed E-state index contributed by atoms with van der Waals surface area (Å²) in [6, 6.07) is 3.63. The zero-order chi connectivity index (χ0) is 13.7. The van der Waals surface area contributed by atoms with Crippen molar-refractivity contribution in [2.45, 2.75) is 20.0 Å². The zero-order valence-corrected chi connectivity index (χ0v) is 11.1. The smallest absolute Gasteiger partial charge is 0.234 e. The van der Waals surface area contributed by atoms with E-state index in [9.17, 15) is 4.79 Å². The first-order valence-electron chi connectivity index (χ1n) is 6.11. The van der Waals surface area contributed by atoms with Gasteiger partial charge in [0.1, 0.15) is 11.6 Å². The molecule has 1 amide bonds. The van der Waals surface area contributed by atoms with Gasteiger partial charge < -0.3 is 14.7 Å². The van der Waals surface area contributed by atoms with Crippen LogP contribution >= 0.6 is 0 Å². The van der Waals surface area contributed by atoms with E-state index in [1.54, 1.807) is 18.5 Å². The lowest BCUT2D eigenvalue weighted by Gasteiger charge is -2.14. The zero-order valence-electron chi connectivity index (χ0n) is 11.1. The van der Waals surface area contributed by atoms with Crippen molar-refractivity contribution in [3.8, 4) is 0 Å². The number of hydrogen-bond donors (Lipinski definition) is 2. The van der Waals surface area contributed by atoms with Crippen molar-refractivity contribution in [2.24, 2.45) is 0 Å². The molecule has 0 aliphatic carbocycles. The Balaban J connectivity index is 1.72. The minimum atomic E-state index is -0.0396. The Morgan fingerprint density at radius 2 is 2.42 bits per heavy atom. The van der Waals surface area contributed by atoms with Gasteiger partial charge in [-0.05, 0) is 26.1 Å². The van der Waals surface area contributed by atoms with Crippen molar-refractivity contribution in [2.75, 3.05) is 13.6 Å². The summed E-state index contributed by atoms with van der Waals surface area (Å²) in [5, 5.41) is 2.80. The number of imidazole rings is 1. The molecule has 0 saturated heterocycles. The van der Waals surface area contributed by atoms with E-state index in [2.05, 4.69) is 15.3 Å². The number of furan rings is 1. The largest absolute Gasteiger partial charge is 0.467 e. The summed E-state index contributed by atoms with van der Waals surface area (Å²) in [7, 11) is 1.88. The first kappa shape index (κ1) is 13.4. The van der Waals surface area contributed by atoms with Crippen molar-refractivity contribution in [1.29, 1.82) is 0 Å². The van der Waals surface area contributed by atoms with Gasteiger partial charge in [-0.1, -0.05) is 0 Å². The molecule has 19 heavy (non-hydrogen) atoms. The Hall–Kier alpha value is -2.08. The maximum atomic E-state index is 11.7. The van der Waals surface area contributed by atoms with Gasteiger partial charge in [0, 0.05) is 11.9 Å². The molecule has 2 N–H and O–H groups in total. The Labute approximate surface area is 111 Å². The third-order valence-electron chi connectivity index (χ3n) is 2.63. The van der Waals surface area contributed by atoms with Crippen LogP contribution in [0.15, 0.2) is 29.0 Å². The van der Waals surface area contributed by atoms with Gasteiger partial charge >= 0.3 is 0 Å². The van der Waals surface area contributed by atoms with Crippen molar-refractivity contribution >= 4 is 5.91 Å². The van der Waals surface area contributed by atoms with Gasteiger partial charge in [0.15, 0.2) is 0 Å². The van der Waals surface area contributed by atoms with E-state index < -0.39 is 0 Å². The number of rotatable bonds is 6. The lowest BCUT2D eigenvalue weighted by Crippen LogP contribution is -2.34. The minimum Gasteiger partial charge on any atom is -0.467 e. The first-order chi connectivity index (χ1) is 9.13. The van der Waals surface area contributed by atoms with E-state index in [4.69, 9.17) is 4.42 Å². The molecule has 0 spiro atoms. The summed E-state index contributed by atoms with van der Waals surface area (Å²) in [6.45, 7) is 3.30. The summed E-state index contributed by atoms with van der Waals surface area (Å²) >= 11 is 0. The molecule has 2 aromatic heterocycles. The molecule has 0 fully saturated rings. The van der Waals surface area contributed by atoms with E-state index in [1.807, 2.05) is 24.9 Å². The summed E-state index contributed by atoms with van der Waals surface area (Å²) < 4.78 is 5.14. The van der Waals surface area contributed by atoms with Crippen LogP contribution in [0.2, 0.25) is 0 Å². The van der Waals surface area contributed by atoms with Crippen LogP contribution in [-0.2, 0) is 17.9 Å². The molecule has 0 atom stereocenters. The summed E-state index contributed by atoms with van der Waals surface area (Å²) in [5.74, 6) is 1.57. The molecule has 0 unspecified atom stereocenters. The van der Waals surface area contributed by atoms with Crippen LogP contribution in [0, 0.1) is 6.92 Å². The van der Waals surface area contributed by atoms with Crippen LogP contribution in [-0.4, -0.2) is 34.4 Å². The fourth-order valence-corrected chi connectivity index (χ4v) is 1.76. The van der Waals surface area contributed by atoms with Gasteiger partial charge in [0.25, 0.3) is 0 Å². The number of aromatic amines is 1. The van der Waals surface area contributed by atoms with Crippen molar-refractivity contribution in [3.63, 3.8) is 0 Å². The molecular weight excluding hydrogens is 244 g/mol. The molecule has 0 saturated carbocycles. The summed E-state index contributed by atoms with van der Waals surface area (Å²) in [4.78, 5) is 21.0. The van der Waals surface area contributed by atoms with E-state index in [0.29, 0.717) is 19.6 Å². The molecule has 102 valence electrons. The number of aryl methyl sites for hydroxylation is 1. The molecule has 0 bridgehead atoms. The van der Waals surface area contributed by atoms with E-state index >= 15 is 0 Å². The quantitative estimate of drug-likeness (QED) is 0.816. The molecule has 2 aromatic rings. The van der Waals surface area contributed by atoms with Gasteiger partial charge in [-0.3, -0.25) is 9.69 Å². The Bertz CT molecular complexity index is 518. The predicted octanol–water partition coefficient (Wildman–Crippen LogP) is 1.06. The Kier molecular flexibility index (Phi) is 4.35. The van der Waals surface area contributed by atoms with Crippen molar-refractivity contribution in [3.05, 3.63) is 41.9 Å². The molecule has 0 radical (unpaired) electrons. The lowest BCUT2D eigenvalue weighted by molar-refractivity contribution is -0.122. The number of nitrogens with one attached hydrogen (secondary N) is 2. The van der Waals surface area contributed by atoms with Crippen molar-refractivity contribution < 1.29 is 9.21 Å². The Morgan fingerprint density at radius 1 is 1.58 bits per heavy atom. The number of H-pyrrole nitrogens is 1. The molecular formula is C13H18N4O2. The van der Waals surface area contributed by atoms with Crippen LogP contribution in [0.4, 0.5) is 0 Å². The van der Waals surface area contributed by atoms with Gasteiger partial charge in [0.2, 0.25) is 5.91 Å². The predicted molar refractivity (Wildman–Crippen MR) is 70.2 cm³/mol. The highest BCUT2D eigenvalue weighted by atomic mass is 16.3. The molecule has 2 heterocycles. The van der Waals surface area contributed by atoms with Crippen LogP contribution in [0.1, 0.15) is 17.3 Å². The second kappa shape index (κ2) is 6.19. The standard InChI is InChI=1S/C13H18N4O2/c1-10-6-14-12(16-10)8-17(2)9-13(18)15-7-11-4-3-5-19-11/h3-6H,7-9H2,1-2H3,(H,14,16)(H,15,18). The first-order valence-corrected chi connectivity index (χ1v) is 6.11. The second-order valence-electron chi connectivity index (χ2n) is 4.54. The highest BCUT2D eigenvalue weighted by Gasteiger charge is 2.09. The molecule has 6 heteroatoms. The fourth-order valence-electron chi connectivity index (χ4n) is 1.76. The Morgan fingerprint density at radius 3 is 3.05 bits per heavy atom. The molecule has 0 aliphatic rings. The lowest BCUT2D eigenvalue weighted by atomic mass is 10.4. The second-order valence-corrected chi connectivity index (χ2v) is 4.54. The van der Waals surface area contributed by atoms with Gasteiger partial charge in [0.05, 0.1) is 25.9 Å². The van der Waals surface area contributed by atoms with E-state index in [-0.39, 0.29) is 5.91 Å². The van der Waals surface area contributed by atoms with Gasteiger partial charge in [-0.25, -0.2) is 4.98 Å². The number of amides is 1. The highest BCUT2D eigenvalue weighted by Crippen LogP contribution is 2.00. The van der Waals surface area contributed by atoms with Crippen LogP contribution < -0.4 is 5.32 Å². The molecule has 0 aromatic carbocycles. The maximum Gasteiger partial charge on any atom is 0.234 e. The third-order valence-corrected chi connectivity index (χ3v) is 2.63. The monoisotopic (exact) mass is 262 g/mol. The van der Waals surface area contributed by atoms with Crippen LogP contribution in [0.3, 0.4) is 0 Å². The number of carbonyl (C=O) groups excluding carboxylic acids is 1. The minimum absolute atomic E-state index is 0.0396. The highest BCUT2D eigenvalue weighted by molar-refractivity contribution is 5.77. The fraction of sp³-hybridized carbons (Fsp3) is 0.385. The normalized spacial score (nSPS) is 10.9. The number of nitrogens with zero attached hydrogens (tertiary/aromatic N) is 2. The van der Waals surface area contributed by atoms with Crippen LogP contribution in [0.5, 0.6) is 0 Å². The SMILES string of the molecule is Cc1cnc(CN(C)CC(=O)NCc2ccco2)[nH]1. The van der Waals surface area contributed by atoms with Gasteiger partial charge in [-0.2, -0.15) is 0 Å². The average molecular weight is 262 g/mol.